The summed E-state index contributed by atoms with van der Waals surface area (Å²) in [5, 5.41) is -0.254. The normalized spacial score (nSPS) is 16.8. The maximum atomic E-state index is 14.4. The van der Waals surface area contributed by atoms with Crippen LogP contribution in [0, 0.1) is 12.7 Å². The molecule has 1 heterocycles. The van der Waals surface area contributed by atoms with E-state index in [-0.39, 0.29) is 28.8 Å². The number of anilines is 1. The molecule has 0 N–H and O–H groups in total. The zero-order chi connectivity index (χ0) is 23.7. The van der Waals surface area contributed by atoms with Crippen LogP contribution in [0.25, 0.3) is 0 Å². The molecule has 0 bridgehead atoms. The van der Waals surface area contributed by atoms with Gasteiger partial charge in [-0.1, -0.05) is 30.0 Å². The van der Waals surface area contributed by atoms with Crippen molar-refractivity contribution in [1.82, 2.24) is 4.90 Å². The molecule has 0 aliphatic carbocycles. The number of carbonyl (C=O) groups excluding carboxylic acids is 1. The van der Waals surface area contributed by atoms with Crippen molar-refractivity contribution in [1.29, 1.82) is 0 Å². The summed E-state index contributed by atoms with van der Waals surface area (Å²) in [5.41, 5.74) is -0.134. The number of hydrogen-bond acceptors (Lipinski definition) is 3. The Morgan fingerprint density at radius 1 is 1.03 bits per heavy atom. The van der Waals surface area contributed by atoms with Crippen molar-refractivity contribution in [3.05, 3.63) is 65.0 Å². The minimum Gasteiger partial charge on any atom is -0.281 e. The van der Waals surface area contributed by atoms with E-state index >= 15 is 0 Å². The smallest absolute Gasteiger partial charge is 0.281 e. The molecule has 4 nitrogen and oxygen atoms in total. The fraction of sp³-hybridized carbons (Fsp3) is 0.300. The van der Waals surface area contributed by atoms with Gasteiger partial charge in [0.05, 0.1) is 23.7 Å². The molecule has 2 amide bonds. The standard InChI is InChI=1S/C20H16F7N3OS/c1-12-2-7-16(15(21)8-12)30-11-32-17(28-10-19(22,23)24)29(18(30)31)9-13-3-5-14(6-4-13)20(25,26)27/h2-8H,9-11H2,1H3. The minimum atomic E-state index is -4.61. The number of nitrogens with zero attached hydrogens (tertiary/aromatic N) is 3. The van der Waals surface area contributed by atoms with Gasteiger partial charge in [-0.05, 0) is 42.3 Å². The highest BCUT2D eigenvalue weighted by Gasteiger charge is 2.36. The number of benzene rings is 2. The van der Waals surface area contributed by atoms with Crippen LogP contribution in [0.1, 0.15) is 16.7 Å². The molecule has 1 saturated heterocycles. The second-order valence-corrected chi connectivity index (χ2v) is 7.85. The van der Waals surface area contributed by atoms with E-state index in [0.29, 0.717) is 5.56 Å². The zero-order valence-electron chi connectivity index (χ0n) is 16.5. The van der Waals surface area contributed by atoms with Gasteiger partial charge in [-0.15, -0.1) is 0 Å². The van der Waals surface area contributed by atoms with Crippen LogP contribution in [0.5, 0.6) is 0 Å². The fourth-order valence-electron chi connectivity index (χ4n) is 2.89. The molecule has 3 rings (SSSR count). The Balaban J connectivity index is 1.92. The quantitative estimate of drug-likeness (QED) is 0.490. The topological polar surface area (TPSA) is 35.9 Å². The molecule has 12 heteroatoms. The van der Waals surface area contributed by atoms with Gasteiger partial charge in [-0.2, -0.15) is 26.3 Å². The third-order valence-corrected chi connectivity index (χ3v) is 5.42. The molecule has 2 aromatic carbocycles. The Labute approximate surface area is 182 Å². The number of aryl methyl sites for hydroxylation is 1. The second kappa shape index (κ2) is 9.00. The van der Waals surface area contributed by atoms with Gasteiger partial charge < -0.3 is 0 Å². The monoisotopic (exact) mass is 479 g/mol. The van der Waals surface area contributed by atoms with Gasteiger partial charge in [0.15, 0.2) is 5.17 Å². The highest BCUT2D eigenvalue weighted by Crippen LogP contribution is 2.32. The fourth-order valence-corrected chi connectivity index (χ4v) is 3.84. The molecular formula is C20H16F7N3OS. The molecule has 0 spiro atoms. The predicted molar refractivity (Wildman–Crippen MR) is 107 cm³/mol. The van der Waals surface area contributed by atoms with Crippen molar-refractivity contribution >= 4 is 28.6 Å². The van der Waals surface area contributed by atoms with E-state index in [0.717, 1.165) is 45.8 Å². The van der Waals surface area contributed by atoms with E-state index in [4.69, 9.17) is 0 Å². The Kier molecular flexibility index (Phi) is 6.72. The van der Waals surface area contributed by atoms with Crippen molar-refractivity contribution < 1.29 is 35.5 Å². The van der Waals surface area contributed by atoms with Gasteiger partial charge in [0.2, 0.25) is 0 Å². The Bertz CT molecular complexity index is 1020. The minimum absolute atomic E-state index is 0.0691. The number of aliphatic imine (C=N–C) groups is 1. The van der Waals surface area contributed by atoms with E-state index in [9.17, 15) is 35.5 Å². The van der Waals surface area contributed by atoms with Crippen molar-refractivity contribution in [2.45, 2.75) is 25.8 Å². The van der Waals surface area contributed by atoms with Crippen LogP contribution in [0.3, 0.4) is 0 Å². The number of halogens is 7. The van der Waals surface area contributed by atoms with E-state index in [1.807, 2.05) is 0 Å². The molecule has 0 unspecified atom stereocenters. The number of carbonyl (C=O) groups is 1. The Morgan fingerprint density at radius 3 is 2.25 bits per heavy atom. The van der Waals surface area contributed by atoms with Crippen LogP contribution in [0.2, 0.25) is 0 Å². The Morgan fingerprint density at radius 2 is 1.69 bits per heavy atom. The van der Waals surface area contributed by atoms with E-state index in [1.165, 1.54) is 12.1 Å². The SMILES string of the molecule is Cc1ccc(N2CSC(=NCC(F)(F)F)N(Cc3ccc(C(F)(F)F)cc3)C2=O)c(F)c1. The first kappa shape index (κ1) is 23.9. The maximum Gasteiger partial charge on any atom is 0.416 e. The summed E-state index contributed by atoms with van der Waals surface area (Å²) in [6, 6.07) is 7.16. The molecular weight excluding hydrogens is 463 g/mol. The molecule has 0 aromatic heterocycles. The summed E-state index contributed by atoms with van der Waals surface area (Å²) in [5.74, 6) is -0.872. The van der Waals surface area contributed by atoms with Crippen molar-refractivity contribution in [2.75, 3.05) is 17.3 Å². The molecule has 1 aliphatic heterocycles. The molecule has 2 aromatic rings. The zero-order valence-corrected chi connectivity index (χ0v) is 17.3. The van der Waals surface area contributed by atoms with Gasteiger partial charge in [0.1, 0.15) is 12.4 Å². The third-order valence-electron chi connectivity index (χ3n) is 4.42. The number of rotatable bonds is 4. The lowest BCUT2D eigenvalue weighted by molar-refractivity contribution is -0.137. The lowest BCUT2D eigenvalue weighted by Gasteiger charge is -2.36. The first-order chi connectivity index (χ1) is 14.8. The van der Waals surface area contributed by atoms with Gasteiger partial charge in [-0.3, -0.25) is 14.8 Å². The van der Waals surface area contributed by atoms with Crippen molar-refractivity contribution in [3.63, 3.8) is 0 Å². The number of alkyl halides is 6. The summed E-state index contributed by atoms with van der Waals surface area (Å²) in [6.45, 7) is -0.228. The number of amidine groups is 1. The van der Waals surface area contributed by atoms with Crippen molar-refractivity contribution in [2.24, 2.45) is 4.99 Å². The summed E-state index contributed by atoms with van der Waals surface area (Å²) < 4.78 is 90.8. The molecule has 0 radical (unpaired) electrons. The summed E-state index contributed by atoms with van der Waals surface area (Å²) >= 11 is 0.793. The lowest BCUT2D eigenvalue weighted by Crippen LogP contribution is -2.50. The number of amides is 2. The highest BCUT2D eigenvalue weighted by atomic mass is 32.2. The average Bonchev–Trinajstić information content (AvgIpc) is 2.68. The predicted octanol–water partition coefficient (Wildman–Crippen LogP) is 6.20. The summed E-state index contributed by atoms with van der Waals surface area (Å²) in [4.78, 5) is 18.5. The van der Waals surface area contributed by atoms with E-state index in [2.05, 4.69) is 4.99 Å². The van der Waals surface area contributed by atoms with Gasteiger partial charge >= 0.3 is 18.4 Å². The molecule has 0 saturated carbocycles. The van der Waals surface area contributed by atoms with E-state index < -0.39 is 36.3 Å². The second-order valence-electron chi connectivity index (χ2n) is 6.93. The molecule has 32 heavy (non-hydrogen) atoms. The van der Waals surface area contributed by atoms with Crippen LogP contribution in [-0.4, -0.2) is 34.7 Å². The van der Waals surface area contributed by atoms with Crippen LogP contribution in [0.15, 0.2) is 47.5 Å². The van der Waals surface area contributed by atoms with Gasteiger partial charge in [0, 0.05) is 0 Å². The van der Waals surface area contributed by atoms with Crippen LogP contribution in [0.4, 0.5) is 41.2 Å². The molecule has 172 valence electrons. The largest absolute Gasteiger partial charge is 0.416 e. The molecule has 0 atom stereocenters. The highest BCUT2D eigenvalue weighted by molar-refractivity contribution is 8.14. The van der Waals surface area contributed by atoms with Crippen molar-refractivity contribution in [3.8, 4) is 0 Å². The lowest BCUT2D eigenvalue weighted by atomic mass is 10.1. The average molecular weight is 479 g/mol. The van der Waals surface area contributed by atoms with Gasteiger partial charge in [0.25, 0.3) is 0 Å². The number of urea groups is 1. The van der Waals surface area contributed by atoms with Crippen LogP contribution in [-0.2, 0) is 12.7 Å². The first-order valence-electron chi connectivity index (χ1n) is 9.10. The van der Waals surface area contributed by atoms with Crippen LogP contribution < -0.4 is 4.90 Å². The third kappa shape index (κ3) is 5.72. The number of hydrogen-bond donors (Lipinski definition) is 0. The Hall–Kier alpha value is -2.76. The van der Waals surface area contributed by atoms with Gasteiger partial charge in [-0.25, -0.2) is 9.18 Å². The first-order valence-corrected chi connectivity index (χ1v) is 10.1. The molecule has 1 aliphatic rings. The van der Waals surface area contributed by atoms with E-state index in [1.54, 1.807) is 13.0 Å². The molecule has 1 fully saturated rings. The summed E-state index contributed by atoms with van der Waals surface area (Å²) in [7, 11) is 0. The van der Waals surface area contributed by atoms with Crippen LogP contribution >= 0.6 is 11.8 Å². The summed E-state index contributed by atoms with van der Waals surface area (Å²) in [6.07, 6.45) is -9.18. The maximum absolute atomic E-state index is 14.4. The number of thioether (sulfide) groups is 1.